The van der Waals surface area contributed by atoms with Crippen LogP contribution >= 0.6 is 38.5 Å². The van der Waals surface area contributed by atoms with Gasteiger partial charge in [0.1, 0.15) is 0 Å². The van der Waals surface area contributed by atoms with E-state index >= 15 is 0 Å². The van der Waals surface area contributed by atoms with Gasteiger partial charge in [0.2, 0.25) is 0 Å². The summed E-state index contributed by atoms with van der Waals surface area (Å²) in [4.78, 5) is 22.6. The molecule has 0 spiro atoms. The molecule has 1 atom stereocenters. The van der Waals surface area contributed by atoms with E-state index in [1.54, 1.807) is 12.1 Å². The molecule has 0 saturated carbocycles. The molecule has 7 heteroatoms. The summed E-state index contributed by atoms with van der Waals surface area (Å²) in [7, 11) is 1.42. The number of halogens is 2. The molecule has 0 bridgehead atoms. The lowest BCUT2D eigenvalue weighted by atomic mass is 10.2. The van der Waals surface area contributed by atoms with Crippen molar-refractivity contribution in [1.29, 1.82) is 0 Å². The molecule has 1 aromatic rings. The largest absolute Gasteiger partial charge is 0.481 e. The number of carboxylic acid groups (broad SMARTS) is 1. The molecule has 1 unspecified atom stereocenters. The Hall–Kier alpha value is -0.670. The van der Waals surface area contributed by atoms with Crippen molar-refractivity contribution in [3.05, 3.63) is 31.8 Å². The van der Waals surface area contributed by atoms with Crippen LogP contribution in [0.5, 0.6) is 0 Å². The molecule has 0 aromatic heterocycles. The second kappa shape index (κ2) is 7.81. The topological polar surface area (TPSA) is 75.6 Å². The van der Waals surface area contributed by atoms with E-state index < -0.39 is 12.1 Å². The lowest BCUT2D eigenvalue weighted by molar-refractivity contribution is -0.139. The predicted molar refractivity (Wildman–Crippen MR) is 82.2 cm³/mol. The normalized spacial score (nSPS) is 11.9. The SMILES string of the molecule is COC(CNC(=O)c1cc(I)ccc1Br)CC(=O)O. The summed E-state index contributed by atoms with van der Waals surface area (Å²) < 4.78 is 6.63. The van der Waals surface area contributed by atoms with Crippen molar-refractivity contribution in [2.45, 2.75) is 12.5 Å². The molecule has 0 radical (unpaired) electrons. The van der Waals surface area contributed by atoms with Crippen molar-refractivity contribution in [2.75, 3.05) is 13.7 Å². The van der Waals surface area contributed by atoms with Crippen LogP contribution in [0.3, 0.4) is 0 Å². The Morgan fingerprint density at radius 1 is 1.53 bits per heavy atom. The van der Waals surface area contributed by atoms with E-state index in [4.69, 9.17) is 9.84 Å². The number of carbonyl (C=O) groups excluding carboxylic acids is 1. The van der Waals surface area contributed by atoms with Gasteiger partial charge in [0.05, 0.1) is 18.1 Å². The van der Waals surface area contributed by atoms with Crippen molar-refractivity contribution in [1.82, 2.24) is 5.32 Å². The molecule has 0 saturated heterocycles. The first-order valence-electron chi connectivity index (χ1n) is 5.42. The molecular weight excluding hydrogens is 429 g/mol. The lowest BCUT2D eigenvalue weighted by Crippen LogP contribution is -2.34. The number of rotatable bonds is 6. The minimum Gasteiger partial charge on any atom is -0.481 e. The third kappa shape index (κ3) is 5.45. The van der Waals surface area contributed by atoms with E-state index in [1.165, 1.54) is 7.11 Å². The number of ether oxygens (including phenoxy) is 1. The highest BCUT2D eigenvalue weighted by molar-refractivity contribution is 14.1. The van der Waals surface area contributed by atoms with Gasteiger partial charge in [-0.25, -0.2) is 0 Å². The summed E-state index contributed by atoms with van der Waals surface area (Å²) in [5.74, 6) is -1.23. The molecule has 5 nitrogen and oxygen atoms in total. The molecule has 0 aliphatic heterocycles. The van der Waals surface area contributed by atoms with Crippen molar-refractivity contribution in [2.24, 2.45) is 0 Å². The number of hydrogen-bond acceptors (Lipinski definition) is 3. The summed E-state index contributed by atoms with van der Waals surface area (Å²) in [5, 5.41) is 11.3. The van der Waals surface area contributed by atoms with Crippen LogP contribution in [0.15, 0.2) is 22.7 Å². The average molecular weight is 442 g/mol. The molecule has 0 fully saturated rings. The van der Waals surface area contributed by atoms with Crippen LogP contribution in [0.25, 0.3) is 0 Å². The van der Waals surface area contributed by atoms with Crippen LogP contribution in [0.2, 0.25) is 0 Å². The van der Waals surface area contributed by atoms with Gasteiger partial charge in [-0.2, -0.15) is 0 Å². The maximum Gasteiger partial charge on any atom is 0.306 e. The van der Waals surface area contributed by atoms with E-state index in [-0.39, 0.29) is 18.9 Å². The van der Waals surface area contributed by atoms with Crippen LogP contribution < -0.4 is 5.32 Å². The van der Waals surface area contributed by atoms with Crippen molar-refractivity contribution in [3.8, 4) is 0 Å². The van der Waals surface area contributed by atoms with Gasteiger partial charge < -0.3 is 15.2 Å². The first kappa shape index (κ1) is 16.4. The number of carbonyl (C=O) groups is 2. The van der Waals surface area contributed by atoms with Gasteiger partial charge in [-0.05, 0) is 56.7 Å². The second-order valence-electron chi connectivity index (χ2n) is 3.79. The highest BCUT2D eigenvalue weighted by Crippen LogP contribution is 2.19. The Balaban J connectivity index is 2.64. The maximum atomic E-state index is 12.0. The van der Waals surface area contributed by atoms with Gasteiger partial charge in [0, 0.05) is 21.7 Å². The Kier molecular flexibility index (Phi) is 6.73. The Morgan fingerprint density at radius 3 is 2.79 bits per heavy atom. The zero-order valence-corrected chi connectivity index (χ0v) is 13.9. The number of benzene rings is 1. The summed E-state index contributed by atoms with van der Waals surface area (Å²) in [5.41, 5.74) is 0.511. The van der Waals surface area contributed by atoms with E-state index in [9.17, 15) is 9.59 Å². The van der Waals surface area contributed by atoms with Gasteiger partial charge in [0.25, 0.3) is 5.91 Å². The minimum atomic E-state index is -0.962. The molecule has 2 N–H and O–H groups in total. The fraction of sp³-hybridized carbons (Fsp3) is 0.333. The molecule has 19 heavy (non-hydrogen) atoms. The number of methoxy groups -OCH3 is 1. The van der Waals surface area contributed by atoms with Crippen LogP contribution in [0, 0.1) is 3.57 Å². The fourth-order valence-corrected chi connectivity index (χ4v) is 2.32. The third-order valence-corrected chi connectivity index (χ3v) is 3.76. The summed E-state index contributed by atoms with van der Waals surface area (Å²) in [6, 6.07) is 5.42. The number of carboxylic acids is 1. The van der Waals surface area contributed by atoms with Gasteiger partial charge in [-0.15, -0.1) is 0 Å². The summed E-state index contributed by atoms with van der Waals surface area (Å²) in [6.07, 6.45) is -0.687. The fourth-order valence-electron chi connectivity index (χ4n) is 1.41. The maximum absolute atomic E-state index is 12.0. The van der Waals surface area contributed by atoms with Gasteiger partial charge in [0.15, 0.2) is 0 Å². The van der Waals surface area contributed by atoms with Crippen LogP contribution in [-0.4, -0.2) is 36.7 Å². The molecule has 0 aliphatic rings. The first-order valence-corrected chi connectivity index (χ1v) is 7.29. The Morgan fingerprint density at radius 2 is 2.21 bits per heavy atom. The molecule has 1 amide bonds. The van der Waals surface area contributed by atoms with Crippen LogP contribution in [-0.2, 0) is 9.53 Å². The third-order valence-electron chi connectivity index (χ3n) is 2.40. The smallest absolute Gasteiger partial charge is 0.306 e. The van der Waals surface area contributed by atoms with E-state index in [1.807, 2.05) is 6.07 Å². The molecule has 0 heterocycles. The van der Waals surface area contributed by atoms with Gasteiger partial charge in [-0.1, -0.05) is 0 Å². The zero-order valence-electron chi connectivity index (χ0n) is 10.2. The predicted octanol–water partition coefficient (Wildman–Crippen LogP) is 2.27. The molecule has 104 valence electrons. The van der Waals surface area contributed by atoms with E-state index in [2.05, 4.69) is 43.8 Å². The molecule has 1 aromatic carbocycles. The molecule has 1 rings (SSSR count). The second-order valence-corrected chi connectivity index (χ2v) is 5.89. The first-order chi connectivity index (χ1) is 8.93. The molecule has 0 aliphatic carbocycles. The van der Waals surface area contributed by atoms with Crippen molar-refractivity contribution < 1.29 is 19.4 Å². The quantitative estimate of drug-likeness (QED) is 0.664. The summed E-state index contributed by atoms with van der Waals surface area (Å²) >= 11 is 5.42. The van der Waals surface area contributed by atoms with Crippen LogP contribution in [0.4, 0.5) is 0 Å². The number of amides is 1. The number of hydrogen-bond donors (Lipinski definition) is 2. The minimum absolute atomic E-state index is 0.149. The average Bonchev–Trinajstić information content (AvgIpc) is 2.36. The Bertz CT molecular complexity index is 481. The van der Waals surface area contributed by atoms with Crippen LogP contribution in [0.1, 0.15) is 16.8 Å². The summed E-state index contributed by atoms with van der Waals surface area (Å²) in [6.45, 7) is 0.152. The van der Waals surface area contributed by atoms with Gasteiger partial charge in [-0.3, -0.25) is 9.59 Å². The zero-order chi connectivity index (χ0) is 14.4. The van der Waals surface area contributed by atoms with E-state index in [0.717, 1.165) is 3.57 Å². The van der Waals surface area contributed by atoms with E-state index in [0.29, 0.717) is 10.0 Å². The standard InChI is InChI=1S/C12H13BrINO4/c1-19-8(5-11(16)17)6-15-12(18)9-4-7(14)2-3-10(9)13/h2-4,8H,5-6H2,1H3,(H,15,18)(H,16,17). The number of aliphatic carboxylic acids is 1. The highest BCUT2D eigenvalue weighted by Gasteiger charge is 2.15. The number of nitrogens with one attached hydrogen (secondary N) is 1. The highest BCUT2D eigenvalue weighted by atomic mass is 127. The van der Waals surface area contributed by atoms with Gasteiger partial charge >= 0.3 is 5.97 Å². The van der Waals surface area contributed by atoms with Crippen molar-refractivity contribution >= 4 is 50.4 Å². The Labute approximate surface area is 133 Å². The lowest BCUT2D eigenvalue weighted by Gasteiger charge is -2.14. The monoisotopic (exact) mass is 441 g/mol. The molecular formula is C12H13BrINO4. The van der Waals surface area contributed by atoms with Crippen molar-refractivity contribution in [3.63, 3.8) is 0 Å².